The van der Waals surface area contributed by atoms with Crippen molar-refractivity contribution in [2.45, 2.75) is 12.5 Å². The van der Waals surface area contributed by atoms with E-state index in [0.717, 1.165) is 21.3 Å². The molecule has 2 aromatic carbocycles. The van der Waals surface area contributed by atoms with Crippen molar-refractivity contribution in [3.63, 3.8) is 0 Å². The quantitative estimate of drug-likeness (QED) is 0.789. The summed E-state index contributed by atoms with van der Waals surface area (Å²) in [7, 11) is 0. The van der Waals surface area contributed by atoms with Crippen LogP contribution in [0.5, 0.6) is 0 Å². The molecule has 1 amide bonds. The summed E-state index contributed by atoms with van der Waals surface area (Å²) in [5, 5.41) is 10.8. The Labute approximate surface area is 150 Å². The molecule has 0 radical (unpaired) electrons. The van der Waals surface area contributed by atoms with Crippen molar-refractivity contribution in [1.29, 1.82) is 0 Å². The zero-order valence-corrected chi connectivity index (χ0v) is 15.0. The number of hydrogen-bond donors (Lipinski definition) is 1. The van der Waals surface area contributed by atoms with E-state index in [2.05, 4.69) is 22.5 Å². The summed E-state index contributed by atoms with van der Waals surface area (Å²) in [6.45, 7) is 5.79. The van der Waals surface area contributed by atoms with Crippen molar-refractivity contribution >= 4 is 33.6 Å². The largest absolute Gasteiger partial charge is 0.381 e. The topological polar surface area (TPSA) is 40.5 Å². The van der Waals surface area contributed by atoms with E-state index in [1.807, 2.05) is 60.7 Å². The Morgan fingerprint density at radius 3 is 2.42 bits per heavy atom. The minimum atomic E-state index is -1.35. The maximum absolute atomic E-state index is 12.7. The van der Waals surface area contributed by atoms with Crippen LogP contribution >= 0.6 is 15.9 Å². The summed E-state index contributed by atoms with van der Waals surface area (Å²) >= 11 is 3.40. The zero-order valence-electron chi connectivity index (χ0n) is 13.4. The molecule has 0 saturated carbocycles. The Balaban J connectivity index is 2.02. The summed E-state index contributed by atoms with van der Waals surface area (Å²) in [5.41, 5.74) is 1.32. The first kappa shape index (κ1) is 16.7. The molecule has 1 saturated heterocycles. The lowest BCUT2D eigenvalue weighted by molar-refractivity contribution is -0.117. The third kappa shape index (κ3) is 3.07. The van der Waals surface area contributed by atoms with Gasteiger partial charge in [-0.25, -0.2) is 0 Å². The van der Waals surface area contributed by atoms with Gasteiger partial charge in [0.05, 0.1) is 6.54 Å². The normalized spacial score (nSPS) is 23.0. The standard InChI is InChI=1S/C20H18BrNO2/c1-14-19(23)22(18-10-8-17(21)9-11-18)13-16(20(14,2)24)12-15-6-4-3-5-7-15/h3-12,24H,1,13H2,2H3/b16-12+. The SMILES string of the molecule is C=C1C(=O)N(c2ccc(Br)cc2)C/C(=C\c2ccccc2)C1(C)O. The molecule has 1 fully saturated rings. The maximum Gasteiger partial charge on any atom is 0.257 e. The minimum Gasteiger partial charge on any atom is -0.381 e. The number of benzene rings is 2. The summed E-state index contributed by atoms with van der Waals surface area (Å²) < 4.78 is 0.946. The fourth-order valence-electron chi connectivity index (χ4n) is 2.73. The predicted octanol–water partition coefficient (Wildman–Crippen LogP) is 4.19. The molecule has 1 atom stereocenters. The lowest BCUT2D eigenvalue weighted by Crippen LogP contribution is -2.50. The van der Waals surface area contributed by atoms with Gasteiger partial charge in [-0.1, -0.05) is 58.9 Å². The average Bonchev–Trinajstić information content (AvgIpc) is 2.58. The molecule has 0 aromatic heterocycles. The molecule has 122 valence electrons. The van der Waals surface area contributed by atoms with Crippen LogP contribution in [0.15, 0.2) is 76.8 Å². The van der Waals surface area contributed by atoms with Crippen LogP contribution in [-0.2, 0) is 4.79 Å². The van der Waals surface area contributed by atoms with Crippen LogP contribution in [0.25, 0.3) is 6.08 Å². The van der Waals surface area contributed by atoms with E-state index in [0.29, 0.717) is 6.54 Å². The van der Waals surface area contributed by atoms with Crippen molar-refractivity contribution in [1.82, 2.24) is 0 Å². The minimum absolute atomic E-state index is 0.179. The van der Waals surface area contributed by atoms with Gasteiger partial charge in [0.1, 0.15) is 5.60 Å². The molecule has 4 heteroatoms. The van der Waals surface area contributed by atoms with Gasteiger partial charge in [0.25, 0.3) is 5.91 Å². The number of carbonyl (C=O) groups is 1. The lowest BCUT2D eigenvalue weighted by Gasteiger charge is -2.39. The van der Waals surface area contributed by atoms with Crippen molar-refractivity contribution < 1.29 is 9.90 Å². The highest BCUT2D eigenvalue weighted by atomic mass is 79.9. The van der Waals surface area contributed by atoms with Crippen molar-refractivity contribution in [3.05, 3.63) is 82.4 Å². The number of hydrogen-bond acceptors (Lipinski definition) is 2. The monoisotopic (exact) mass is 383 g/mol. The molecule has 0 spiro atoms. The van der Waals surface area contributed by atoms with Gasteiger partial charge in [0.15, 0.2) is 0 Å². The first-order valence-corrected chi connectivity index (χ1v) is 8.44. The van der Waals surface area contributed by atoms with Crippen molar-refractivity contribution in [3.8, 4) is 0 Å². The molecule has 1 aliphatic heterocycles. The molecule has 24 heavy (non-hydrogen) atoms. The Morgan fingerprint density at radius 2 is 1.79 bits per heavy atom. The molecule has 1 heterocycles. The molecule has 2 aromatic rings. The van der Waals surface area contributed by atoms with Gasteiger partial charge in [-0.2, -0.15) is 0 Å². The highest BCUT2D eigenvalue weighted by Gasteiger charge is 2.41. The second-order valence-corrected chi connectivity index (χ2v) is 6.91. The molecule has 3 rings (SSSR count). The van der Waals surface area contributed by atoms with Gasteiger partial charge in [-0.3, -0.25) is 4.79 Å². The van der Waals surface area contributed by atoms with Gasteiger partial charge in [0, 0.05) is 15.7 Å². The third-order valence-electron chi connectivity index (χ3n) is 4.32. The highest BCUT2D eigenvalue weighted by Crippen LogP contribution is 2.35. The Morgan fingerprint density at radius 1 is 1.17 bits per heavy atom. The average molecular weight is 384 g/mol. The Bertz CT molecular complexity index is 807. The van der Waals surface area contributed by atoms with E-state index >= 15 is 0 Å². The number of anilines is 1. The number of piperidine rings is 1. The van der Waals surface area contributed by atoms with Crippen LogP contribution < -0.4 is 4.90 Å². The Kier molecular flexibility index (Phi) is 4.43. The van der Waals surface area contributed by atoms with E-state index in [-0.39, 0.29) is 11.5 Å². The fraction of sp³-hybridized carbons (Fsp3) is 0.150. The van der Waals surface area contributed by atoms with Crippen LogP contribution in [0.1, 0.15) is 12.5 Å². The molecule has 3 nitrogen and oxygen atoms in total. The van der Waals surface area contributed by atoms with E-state index in [1.54, 1.807) is 11.8 Å². The summed E-state index contributed by atoms with van der Waals surface area (Å²) in [6.07, 6.45) is 1.92. The predicted molar refractivity (Wildman–Crippen MR) is 101 cm³/mol. The van der Waals surface area contributed by atoms with E-state index in [9.17, 15) is 9.90 Å². The number of rotatable bonds is 2. The second-order valence-electron chi connectivity index (χ2n) is 6.00. The molecular formula is C20H18BrNO2. The number of halogens is 1. The Hall–Kier alpha value is -2.17. The van der Waals surface area contributed by atoms with E-state index in [1.165, 1.54) is 0 Å². The maximum atomic E-state index is 12.7. The van der Waals surface area contributed by atoms with Crippen LogP contribution in [0.4, 0.5) is 5.69 Å². The third-order valence-corrected chi connectivity index (χ3v) is 4.85. The first-order chi connectivity index (χ1) is 11.4. The lowest BCUT2D eigenvalue weighted by atomic mass is 9.82. The molecule has 0 bridgehead atoms. The van der Waals surface area contributed by atoms with Crippen LogP contribution in [0.3, 0.4) is 0 Å². The number of nitrogens with zero attached hydrogens (tertiary/aromatic N) is 1. The van der Waals surface area contributed by atoms with Gasteiger partial charge < -0.3 is 10.0 Å². The van der Waals surface area contributed by atoms with Crippen molar-refractivity contribution in [2.75, 3.05) is 11.4 Å². The van der Waals surface area contributed by atoms with Gasteiger partial charge >= 0.3 is 0 Å². The van der Waals surface area contributed by atoms with Gasteiger partial charge in [-0.05, 0) is 42.3 Å². The van der Waals surface area contributed by atoms with Crippen LogP contribution in [0, 0.1) is 0 Å². The van der Waals surface area contributed by atoms with Crippen LogP contribution in [-0.4, -0.2) is 23.2 Å². The molecular weight excluding hydrogens is 366 g/mol. The smallest absolute Gasteiger partial charge is 0.257 e. The van der Waals surface area contributed by atoms with Crippen LogP contribution in [0.2, 0.25) is 0 Å². The molecule has 1 unspecified atom stereocenters. The second kappa shape index (κ2) is 6.38. The fourth-order valence-corrected chi connectivity index (χ4v) is 2.99. The number of aliphatic hydroxyl groups is 1. The number of carbonyl (C=O) groups excluding carboxylic acids is 1. The summed E-state index contributed by atoms with van der Waals surface area (Å²) in [6, 6.07) is 17.3. The van der Waals surface area contributed by atoms with Crippen molar-refractivity contribution in [2.24, 2.45) is 0 Å². The summed E-state index contributed by atoms with van der Waals surface area (Å²) in [4.78, 5) is 14.3. The van der Waals surface area contributed by atoms with Gasteiger partial charge in [-0.15, -0.1) is 0 Å². The molecule has 1 aliphatic rings. The van der Waals surface area contributed by atoms with E-state index < -0.39 is 5.60 Å². The number of amides is 1. The molecule has 1 N–H and O–H groups in total. The van der Waals surface area contributed by atoms with Gasteiger partial charge in [0.2, 0.25) is 0 Å². The first-order valence-electron chi connectivity index (χ1n) is 7.65. The molecule has 0 aliphatic carbocycles. The summed E-state index contributed by atoms with van der Waals surface area (Å²) in [5.74, 6) is -0.257. The highest BCUT2D eigenvalue weighted by molar-refractivity contribution is 9.10. The zero-order chi connectivity index (χ0) is 17.3. The van der Waals surface area contributed by atoms with E-state index in [4.69, 9.17) is 0 Å².